The zero-order chi connectivity index (χ0) is 16.7. The third-order valence-electron chi connectivity index (χ3n) is 3.40. The molecule has 0 fully saturated rings. The lowest BCUT2D eigenvalue weighted by atomic mass is 10.1. The lowest BCUT2D eigenvalue weighted by Gasteiger charge is -2.11. The third kappa shape index (κ3) is 6.18. The summed E-state index contributed by atoms with van der Waals surface area (Å²) in [5.74, 6) is 0.206. The lowest BCUT2D eigenvalue weighted by molar-refractivity contribution is 0.0948. The number of carbonyl (C=O) groups is 1. The zero-order valence-corrected chi connectivity index (χ0v) is 14.3. The number of carbonyl (C=O) groups excluding carboxylic acids is 1. The van der Waals surface area contributed by atoms with Crippen LogP contribution in [0.4, 0.5) is 4.39 Å². The standard InChI is InChI=1S/C18H21FN2O2.ClH/c1-13(10-20)11-21-18(22)15-5-2-4-14(8-15)12-23-17-7-3-6-16(19)9-17;/h2-9,13H,10-12,20H2,1H3,(H,21,22);1H. The maximum Gasteiger partial charge on any atom is 0.251 e. The Kier molecular flexibility index (Phi) is 8.22. The van der Waals surface area contributed by atoms with E-state index in [2.05, 4.69) is 5.32 Å². The maximum absolute atomic E-state index is 13.1. The fraction of sp³-hybridized carbons (Fsp3) is 0.278. The molecule has 1 unspecified atom stereocenters. The Morgan fingerprint density at radius 2 is 2.00 bits per heavy atom. The van der Waals surface area contributed by atoms with E-state index < -0.39 is 0 Å². The Bertz CT molecular complexity index is 667. The molecule has 0 aliphatic rings. The summed E-state index contributed by atoms with van der Waals surface area (Å²) in [5.41, 5.74) is 6.94. The molecule has 0 aliphatic heterocycles. The van der Waals surface area contributed by atoms with E-state index in [0.717, 1.165) is 5.56 Å². The van der Waals surface area contributed by atoms with Crippen molar-refractivity contribution in [1.82, 2.24) is 5.32 Å². The number of ether oxygens (including phenoxy) is 1. The Balaban J connectivity index is 0.00000288. The van der Waals surface area contributed by atoms with Crippen LogP contribution in [0.5, 0.6) is 5.75 Å². The van der Waals surface area contributed by atoms with Gasteiger partial charge >= 0.3 is 0 Å². The molecule has 0 saturated carbocycles. The summed E-state index contributed by atoms with van der Waals surface area (Å²) < 4.78 is 18.6. The molecule has 1 atom stereocenters. The van der Waals surface area contributed by atoms with Crippen LogP contribution in [0.2, 0.25) is 0 Å². The molecule has 0 radical (unpaired) electrons. The molecular weight excluding hydrogens is 331 g/mol. The van der Waals surface area contributed by atoms with E-state index in [4.69, 9.17) is 10.5 Å². The highest BCUT2D eigenvalue weighted by Gasteiger charge is 2.08. The van der Waals surface area contributed by atoms with E-state index in [0.29, 0.717) is 24.4 Å². The Hall–Kier alpha value is -2.11. The van der Waals surface area contributed by atoms with Crippen molar-refractivity contribution >= 4 is 18.3 Å². The van der Waals surface area contributed by atoms with Gasteiger partial charge in [-0.1, -0.05) is 25.1 Å². The van der Waals surface area contributed by atoms with Gasteiger partial charge in [0, 0.05) is 18.2 Å². The Morgan fingerprint density at radius 1 is 1.25 bits per heavy atom. The molecule has 0 aromatic heterocycles. The molecule has 4 nitrogen and oxygen atoms in total. The van der Waals surface area contributed by atoms with Gasteiger partial charge in [0.25, 0.3) is 5.91 Å². The average molecular weight is 353 g/mol. The van der Waals surface area contributed by atoms with E-state index in [1.165, 1.54) is 12.1 Å². The topological polar surface area (TPSA) is 64.3 Å². The number of nitrogens with two attached hydrogens (primary N) is 1. The van der Waals surface area contributed by atoms with Crippen molar-refractivity contribution in [3.05, 3.63) is 65.5 Å². The second-order valence-electron chi connectivity index (χ2n) is 5.50. The first-order valence-electron chi connectivity index (χ1n) is 7.54. The highest BCUT2D eigenvalue weighted by atomic mass is 35.5. The summed E-state index contributed by atoms with van der Waals surface area (Å²) in [6.07, 6.45) is 0. The van der Waals surface area contributed by atoms with Crippen molar-refractivity contribution in [2.24, 2.45) is 11.7 Å². The van der Waals surface area contributed by atoms with Crippen LogP contribution < -0.4 is 15.8 Å². The molecule has 2 rings (SSSR count). The lowest BCUT2D eigenvalue weighted by Crippen LogP contribution is -2.31. The summed E-state index contributed by atoms with van der Waals surface area (Å²) in [6.45, 7) is 3.31. The first-order chi connectivity index (χ1) is 11.1. The zero-order valence-electron chi connectivity index (χ0n) is 13.5. The minimum atomic E-state index is -0.343. The fourth-order valence-electron chi connectivity index (χ4n) is 1.98. The van der Waals surface area contributed by atoms with Gasteiger partial charge in [-0.3, -0.25) is 4.79 Å². The van der Waals surface area contributed by atoms with E-state index in [9.17, 15) is 9.18 Å². The second kappa shape index (κ2) is 9.90. The molecule has 1 amide bonds. The predicted molar refractivity (Wildman–Crippen MR) is 95.0 cm³/mol. The Morgan fingerprint density at radius 3 is 2.71 bits per heavy atom. The van der Waals surface area contributed by atoms with Crippen molar-refractivity contribution in [3.63, 3.8) is 0 Å². The first kappa shape index (κ1) is 19.9. The number of rotatable bonds is 7. The highest BCUT2D eigenvalue weighted by Crippen LogP contribution is 2.15. The van der Waals surface area contributed by atoms with Crippen LogP contribution >= 0.6 is 12.4 Å². The summed E-state index contributed by atoms with van der Waals surface area (Å²) in [4.78, 5) is 12.1. The van der Waals surface area contributed by atoms with Crippen LogP contribution in [0, 0.1) is 11.7 Å². The van der Waals surface area contributed by atoms with Crippen molar-refractivity contribution < 1.29 is 13.9 Å². The van der Waals surface area contributed by atoms with Gasteiger partial charge in [0.1, 0.15) is 18.2 Å². The minimum absolute atomic E-state index is 0. The van der Waals surface area contributed by atoms with Crippen LogP contribution in [0.3, 0.4) is 0 Å². The van der Waals surface area contributed by atoms with Gasteiger partial charge in [-0.25, -0.2) is 4.39 Å². The second-order valence-corrected chi connectivity index (χ2v) is 5.50. The predicted octanol–water partition coefficient (Wildman–Crippen LogP) is 3.15. The molecule has 3 N–H and O–H groups in total. The van der Waals surface area contributed by atoms with Crippen LogP contribution in [0.25, 0.3) is 0 Å². The summed E-state index contributed by atoms with van der Waals surface area (Å²) in [7, 11) is 0. The van der Waals surface area contributed by atoms with Gasteiger partial charge in [-0.15, -0.1) is 12.4 Å². The number of benzene rings is 2. The van der Waals surface area contributed by atoms with Gasteiger partial charge < -0.3 is 15.8 Å². The molecule has 0 spiro atoms. The fourth-order valence-corrected chi connectivity index (χ4v) is 1.98. The van der Waals surface area contributed by atoms with Crippen molar-refractivity contribution in [2.45, 2.75) is 13.5 Å². The van der Waals surface area contributed by atoms with Crippen LogP contribution in [0.1, 0.15) is 22.8 Å². The molecule has 0 heterocycles. The van der Waals surface area contributed by atoms with Gasteiger partial charge in [-0.05, 0) is 42.3 Å². The summed E-state index contributed by atoms with van der Waals surface area (Å²) in [5, 5.41) is 2.85. The highest BCUT2D eigenvalue weighted by molar-refractivity contribution is 5.94. The Labute approximate surface area is 147 Å². The number of nitrogens with one attached hydrogen (secondary N) is 1. The van der Waals surface area contributed by atoms with Crippen LogP contribution in [-0.4, -0.2) is 19.0 Å². The van der Waals surface area contributed by atoms with E-state index in [1.54, 1.807) is 30.3 Å². The van der Waals surface area contributed by atoms with Gasteiger partial charge in [0.15, 0.2) is 0 Å². The number of halogens is 2. The molecule has 2 aromatic rings. The molecular formula is C18H22ClFN2O2. The number of hydrogen-bond donors (Lipinski definition) is 2. The normalized spacial score (nSPS) is 11.3. The molecule has 2 aromatic carbocycles. The van der Waals surface area contributed by atoms with Crippen LogP contribution in [-0.2, 0) is 6.61 Å². The molecule has 0 saturated heterocycles. The first-order valence-corrected chi connectivity index (χ1v) is 7.54. The van der Waals surface area contributed by atoms with Crippen molar-refractivity contribution in [2.75, 3.05) is 13.1 Å². The van der Waals surface area contributed by atoms with Gasteiger partial charge in [0.05, 0.1) is 0 Å². The van der Waals surface area contributed by atoms with Gasteiger partial charge in [-0.2, -0.15) is 0 Å². The number of amides is 1. The SMILES string of the molecule is CC(CN)CNC(=O)c1cccc(COc2cccc(F)c2)c1.Cl. The van der Waals surface area contributed by atoms with Gasteiger partial charge in [0.2, 0.25) is 0 Å². The largest absolute Gasteiger partial charge is 0.489 e. The van der Waals surface area contributed by atoms with E-state index >= 15 is 0 Å². The molecule has 24 heavy (non-hydrogen) atoms. The van der Waals surface area contributed by atoms with Crippen LogP contribution in [0.15, 0.2) is 48.5 Å². The quantitative estimate of drug-likeness (QED) is 0.804. The van der Waals surface area contributed by atoms with E-state index in [1.807, 2.05) is 13.0 Å². The number of hydrogen-bond acceptors (Lipinski definition) is 3. The van der Waals surface area contributed by atoms with Crippen molar-refractivity contribution in [3.8, 4) is 5.75 Å². The molecule has 0 bridgehead atoms. The molecule has 130 valence electrons. The van der Waals surface area contributed by atoms with E-state index in [-0.39, 0.29) is 36.7 Å². The molecule has 6 heteroatoms. The summed E-state index contributed by atoms with van der Waals surface area (Å²) in [6, 6.07) is 13.1. The summed E-state index contributed by atoms with van der Waals surface area (Å²) >= 11 is 0. The smallest absolute Gasteiger partial charge is 0.251 e. The average Bonchev–Trinajstić information content (AvgIpc) is 2.58. The maximum atomic E-state index is 13.1. The minimum Gasteiger partial charge on any atom is -0.489 e. The molecule has 0 aliphatic carbocycles. The van der Waals surface area contributed by atoms with Crippen molar-refractivity contribution in [1.29, 1.82) is 0 Å². The third-order valence-corrected chi connectivity index (χ3v) is 3.40. The monoisotopic (exact) mass is 352 g/mol.